The topological polar surface area (TPSA) is 47.3 Å². The number of ether oxygens (including phenoxy) is 1. The summed E-state index contributed by atoms with van der Waals surface area (Å²) in [5, 5.41) is 3.42. The van der Waals surface area contributed by atoms with Gasteiger partial charge >= 0.3 is 0 Å². The van der Waals surface area contributed by atoms with Crippen LogP contribution < -0.4 is 15.8 Å². The lowest BCUT2D eigenvalue weighted by molar-refractivity contribution is 0.155. The summed E-state index contributed by atoms with van der Waals surface area (Å²) >= 11 is 0. The Morgan fingerprint density at radius 3 is 2.30 bits per heavy atom. The summed E-state index contributed by atoms with van der Waals surface area (Å²) in [6.07, 6.45) is 2.80. The summed E-state index contributed by atoms with van der Waals surface area (Å²) in [5.74, 6) is 2.37. The number of rotatable bonds is 5. The van der Waals surface area contributed by atoms with Gasteiger partial charge in [-0.05, 0) is 66.6 Å². The van der Waals surface area contributed by atoms with Crippen LogP contribution in [0.25, 0.3) is 0 Å². The second-order valence-electron chi connectivity index (χ2n) is 6.69. The van der Waals surface area contributed by atoms with Gasteiger partial charge in [-0.1, -0.05) is 26.0 Å². The van der Waals surface area contributed by atoms with Crippen molar-refractivity contribution < 1.29 is 4.74 Å². The van der Waals surface area contributed by atoms with Crippen LogP contribution in [0.15, 0.2) is 48.5 Å². The molecule has 1 fully saturated rings. The van der Waals surface area contributed by atoms with Gasteiger partial charge in [-0.3, -0.25) is 0 Å². The van der Waals surface area contributed by atoms with Crippen molar-refractivity contribution >= 4 is 11.4 Å². The van der Waals surface area contributed by atoms with E-state index < -0.39 is 0 Å². The number of nitrogen functional groups attached to an aromatic ring is 1. The molecule has 3 heteroatoms. The predicted molar refractivity (Wildman–Crippen MR) is 96.6 cm³/mol. The normalized spacial score (nSPS) is 23.7. The molecule has 3 unspecified atom stereocenters. The lowest BCUT2D eigenvalue weighted by atomic mass is 9.99. The maximum Gasteiger partial charge on any atom is 0.119 e. The molecule has 0 radical (unpaired) electrons. The van der Waals surface area contributed by atoms with Gasteiger partial charge in [0, 0.05) is 17.9 Å². The highest BCUT2D eigenvalue weighted by Gasteiger charge is 2.31. The average molecular weight is 310 g/mol. The molecule has 122 valence electrons. The summed E-state index contributed by atoms with van der Waals surface area (Å²) in [7, 11) is 0. The molecule has 0 aliphatic heterocycles. The molecule has 0 spiro atoms. The van der Waals surface area contributed by atoms with Crippen molar-refractivity contribution in [2.24, 2.45) is 11.8 Å². The number of nitrogens with one attached hydrogen (secondary N) is 1. The van der Waals surface area contributed by atoms with Crippen molar-refractivity contribution in [3.05, 3.63) is 54.1 Å². The lowest BCUT2D eigenvalue weighted by Gasteiger charge is -2.20. The molecule has 3 atom stereocenters. The van der Waals surface area contributed by atoms with Gasteiger partial charge in [0.1, 0.15) is 11.9 Å². The van der Waals surface area contributed by atoms with E-state index in [0.29, 0.717) is 12.0 Å². The van der Waals surface area contributed by atoms with Crippen molar-refractivity contribution in [3.63, 3.8) is 0 Å². The first-order chi connectivity index (χ1) is 11.1. The smallest absolute Gasteiger partial charge is 0.119 e. The molecule has 0 amide bonds. The van der Waals surface area contributed by atoms with Crippen molar-refractivity contribution in [1.29, 1.82) is 0 Å². The Labute approximate surface area is 138 Å². The third-order valence-electron chi connectivity index (χ3n) is 5.01. The van der Waals surface area contributed by atoms with E-state index in [1.54, 1.807) is 0 Å². The lowest BCUT2D eigenvalue weighted by Crippen LogP contribution is -2.21. The molecule has 3 N–H and O–H groups in total. The zero-order valence-electron chi connectivity index (χ0n) is 14.0. The van der Waals surface area contributed by atoms with Gasteiger partial charge in [-0.25, -0.2) is 0 Å². The van der Waals surface area contributed by atoms with Crippen LogP contribution in [-0.2, 0) is 6.54 Å². The number of hydrogen-bond acceptors (Lipinski definition) is 3. The molecule has 0 bridgehead atoms. The molecular weight excluding hydrogens is 284 g/mol. The molecule has 3 nitrogen and oxygen atoms in total. The summed E-state index contributed by atoms with van der Waals surface area (Å²) in [6, 6.07) is 16.2. The minimum Gasteiger partial charge on any atom is -0.490 e. The van der Waals surface area contributed by atoms with Gasteiger partial charge in [0.05, 0.1) is 0 Å². The van der Waals surface area contributed by atoms with Crippen LogP contribution in [0.3, 0.4) is 0 Å². The standard InChI is InChI=1S/C20H26N2O/c1-14-3-12-20(15(14)2)23-19-10-8-18(9-11-19)22-13-16-4-6-17(21)7-5-16/h4-11,14-15,20,22H,3,12-13,21H2,1-2H3. The summed E-state index contributed by atoms with van der Waals surface area (Å²) in [5.41, 5.74) is 8.81. The molecule has 0 aromatic heterocycles. The molecule has 2 aromatic rings. The molecule has 0 heterocycles. The van der Waals surface area contributed by atoms with Crippen molar-refractivity contribution in [1.82, 2.24) is 0 Å². The molecule has 1 saturated carbocycles. The highest BCUT2D eigenvalue weighted by atomic mass is 16.5. The van der Waals surface area contributed by atoms with Crippen LogP contribution in [0.1, 0.15) is 32.3 Å². The Morgan fingerprint density at radius 2 is 1.70 bits per heavy atom. The molecular formula is C20H26N2O. The minimum absolute atomic E-state index is 0.360. The SMILES string of the molecule is CC1CCC(Oc2ccc(NCc3ccc(N)cc3)cc2)C1C. The largest absolute Gasteiger partial charge is 0.490 e. The van der Waals surface area contributed by atoms with Gasteiger partial charge < -0.3 is 15.8 Å². The first-order valence-electron chi connectivity index (χ1n) is 8.47. The fourth-order valence-electron chi connectivity index (χ4n) is 3.15. The van der Waals surface area contributed by atoms with E-state index in [1.165, 1.54) is 18.4 Å². The molecule has 1 aliphatic carbocycles. The zero-order chi connectivity index (χ0) is 16.2. The number of hydrogen-bond donors (Lipinski definition) is 2. The third kappa shape index (κ3) is 3.98. The van der Waals surface area contributed by atoms with Gasteiger partial charge in [0.25, 0.3) is 0 Å². The van der Waals surface area contributed by atoms with Crippen LogP contribution in [0.4, 0.5) is 11.4 Å². The average Bonchev–Trinajstić information content (AvgIpc) is 2.88. The fraction of sp³-hybridized carbons (Fsp3) is 0.400. The van der Waals surface area contributed by atoms with Crippen LogP contribution in [0.2, 0.25) is 0 Å². The van der Waals surface area contributed by atoms with Gasteiger partial charge in [0.15, 0.2) is 0 Å². The van der Waals surface area contributed by atoms with E-state index in [1.807, 2.05) is 24.3 Å². The molecule has 1 aliphatic rings. The van der Waals surface area contributed by atoms with Gasteiger partial charge in [-0.2, -0.15) is 0 Å². The highest BCUT2D eigenvalue weighted by Crippen LogP contribution is 2.34. The third-order valence-corrected chi connectivity index (χ3v) is 5.01. The Kier molecular flexibility index (Phi) is 4.75. The predicted octanol–water partition coefficient (Wildman–Crippen LogP) is 4.69. The van der Waals surface area contributed by atoms with E-state index in [4.69, 9.17) is 10.5 Å². The number of anilines is 2. The Balaban J connectivity index is 1.53. The Morgan fingerprint density at radius 1 is 1.00 bits per heavy atom. The fourth-order valence-corrected chi connectivity index (χ4v) is 3.15. The second-order valence-corrected chi connectivity index (χ2v) is 6.69. The maximum absolute atomic E-state index is 6.15. The molecule has 2 aromatic carbocycles. The second kappa shape index (κ2) is 6.95. The van der Waals surface area contributed by atoms with Gasteiger partial charge in [0.2, 0.25) is 0 Å². The first kappa shape index (κ1) is 15.7. The zero-order valence-corrected chi connectivity index (χ0v) is 14.0. The van der Waals surface area contributed by atoms with Crippen molar-refractivity contribution in [2.45, 2.75) is 39.3 Å². The monoisotopic (exact) mass is 310 g/mol. The number of nitrogens with two attached hydrogens (primary N) is 1. The molecule has 3 rings (SSSR count). The van der Waals surface area contributed by atoms with Crippen molar-refractivity contribution in [3.8, 4) is 5.75 Å². The Hall–Kier alpha value is -2.16. The quantitative estimate of drug-likeness (QED) is 0.787. The maximum atomic E-state index is 6.15. The van der Waals surface area contributed by atoms with Crippen LogP contribution in [0, 0.1) is 11.8 Å². The summed E-state index contributed by atoms with van der Waals surface area (Å²) in [6.45, 7) is 5.40. The van der Waals surface area contributed by atoms with E-state index in [9.17, 15) is 0 Å². The van der Waals surface area contributed by atoms with E-state index >= 15 is 0 Å². The minimum atomic E-state index is 0.360. The van der Waals surface area contributed by atoms with Gasteiger partial charge in [-0.15, -0.1) is 0 Å². The highest BCUT2D eigenvalue weighted by molar-refractivity contribution is 5.47. The first-order valence-corrected chi connectivity index (χ1v) is 8.47. The van der Waals surface area contributed by atoms with E-state index in [0.717, 1.165) is 29.6 Å². The molecule has 23 heavy (non-hydrogen) atoms. The number of benzene rings is 2. The summed E-state index contributed by atoms with van der Waals surface area (Å²) < 4.78 is 6.15. The van der Waals surface area contributed by atoms with E-state index in [2.05, 4.69) is 43.4 Å². The van der Waals surface area contributed by atoms with E-state index in [-0.39, 0.29) is 0 Å². The van der Waals surface area contributed by atoms with Crippen molar-refractivity contribution in [2.75, 3.05) is 11.1 Å². The van der Waals surface area contributed by atoms with Crippen LogP contribution in [-0.4, -0.2) is 6.10 Å². The van der Waals surface area contributed by atoms with Crippen LogP contribution in [0.5, 0.6) is 5.75 Å². The molecule has 0 saturated heterocycles. The summed E-state index contributed by atoms with van der Waals surface area (Å²) in [4.78, 5) is 0. The Bertz CT molecular complexity index is 621. The van der Waals surface area contributed by atoms with Crippen LogP contribution >= 0.6 is 0 Å².